The third-order valence-corrected chi connectivity index (χ3v) is 2.17. The van der Waals surface area contributed by atoms with Crippen LogP contribution >= 0.6 is 22.6 Å². The van der Waals surface area contributed by atoms with Crippen molar-refractivity contribution >= 4 is 28.2 Å². The van der Waals surface area contributed by atoms with Gasteiger partial charge in [0.05, 0.1) is 0 Å². The average molecular weight is 259 g/mol. The third kappa shape index (κ3) is 1.11. The van der Waals surface area contributed by atoms with Crippen LogP contribution in [-0.2, 0) is 0 Å². The van der Waals surface area contributed by atoms with E-state index in [1.54, 1.807) is 0 Å². The minimum absolute atomic E-state index is 0.905. The van der Waals surface area contributed by atoms with Crippen molar-refractivity contribution in [3.8, 4) is 0 Å². The lowest BCUT2D eigenvalue weighted by molar-refractivity contribution is 1.00. The predicted octanol–water partition coefficient (Wildman–Crippen LogP) is 1.64. The number of nitrogens with zero attached hydrogens (tertiary/aromatic N) is 3. The molecule has 4 heteroatoms. The van der Waals surface area contributed by atoms with Gasteiger partial charge in [0, 0.05) is 9.77 Å². The van der Waals surface area contributed by atoms with E-state index < -0.39 is 0 Å². The molecule has 0 aromatic carbocycles. The highest BCUT2D eigenvalue weighted by Gasteiger charge is 1.98. The fourth-order valence-electron chi connectivity index (χ4n) is 0.979. The highest BCUT2D eigenvalue weighted by Crippen LogP contribution is 2.07. The van der Waals surface area contributed by atoms with E-state index in [0.29, 0.717) is 0 Å². The zero-order chi connectivity index (χ0) is 7.84. The molecule has 2 aromatic heterocycles. The fraction of sp³-hybridized carbons (Fsp3) is 0.143. The summed E-state index contributed by atoms with van der Waals surface area (Å²) in [5.41, 5.74) is 0.905. The largest absolute Gasteiger partial charge is 0.286 e. The van der Waals surface area contributed by atoms with E-state index in [1.165, 1.54) is 3.57 Å². The summed E-state index contributed by atoms with van der Waals surface area (Å²) in [5.74, 6) is 0.929. The number of aromatic nitrogens is 3. The van der Waals surface area contributed by atoms with Gasteiger partial charge < -0.3 is 0 Å². The van der Waals surface area contributed by atoms with Crippen molar-refractivity contribution < 1.29 is 0 Å². The predicted molar refractivity (Wildman–Crippen MR) is 50.4 cm³/mol. The first-order chi connectivity index (χ1) is 5.27. The Kier molecular flexibility index (Phi) is 1.56. The highest BCUT2D eigenvalue weighted by atomic mass is 127. The van der Waals surface area contributed by atoms with Crippen LogP contribution in [0.15, 0.2) is 18.3 Å². The molecule has 0 saturated heterocycles. The van der Waals surface area contributed by atoms with Gasteiger partial charge in [0.1, 0.15) is 5.82 Å². The van der Waals surface area contributed by atoms with Gasteiger partial charge in [-0.2, -0.15) is 0 Å². The lowest BCUT2D eigenvalue weighted by atomic mass is 10.5. The van der Waals surface area contributed by atoms with Crippen molar-refractivity contribution in [1.29, 1.82) is 0 Å². The van der Waals surface area contributed by atoms with Gasteiger partial charge in [-0.25, -0.2) is 0 Å². The quantitative estimate of drug-likeness (QED) is 0.673. The lowest BCUT2D eigenvalue weighted by Crippen LogP contribution is -1.87. The molecule has 0 bridgehead atoms. The number of hydrogen-bond donors (Lipinski definition) is 0. The molecule has 0 saturated carbocycles. The summed E-state index contributed by atoms with van der Waals surface area (Å²) in [6, 6.07) is 3.98. The Morgan fingerprint density at radius 2 is 2.18 bits per heavy atom. The van der Waals surface area contributed by atoms with Crippen LogP contribution in [0.3, 0.4) is 0 Å². The molecule has 0 atom stereocenters. The van der Waals surface area contributed by atoms with Crippen molar-refractivity contribution in [3.05, 3.63) is 27.7 Å². The van der Waals surface area contributed by atoms with Crippen LogP contribution in [0.5, 0.6) is 0 Å². The normalized spacial score (nSPS) is 10.7. The molecular weight excluding hydrogens is 253 g/mol. The molecule has 56 valence electrons. The highest BCUT2D eigenvalue weighted by molar-refractivity contribution is 14.1. The second-order valence-electron chi connectivity index (χ2n) is 2.32. The van der Waals surface area contributed by atoms with Crippen molar-refractivity contribution in [2.45, 2.75) is 6.92 Å². The number of fused-ring (bicyclic) bond motifs is 1. The molecule has 11 heavy (non-hydrogen) atoms. The van der Waals surface area contributed by atoms with Crippen molar-refractivity contribution in [2.75, 3.05) is 0 Å². The first-order valence-corrected chi connectivity index (χ1v) is 4.32. The molecule has 0 amide bonds. The van der Waals surface area contributed by atoms with Crippen LogP contribution in [0.1, 0.15) is 5.82 Å². The molecule has 2 heterocycles. The van der Waals surface area contributed by atoms with Crippen LogP contribution < -0.4 is 0 Å². The van der Waals surface area contributed by atoms with Gasteiger partial charge in [0.25, 0.3) is 0 Å². The van der Waals surface area contributed by atoms with Gasteiger partial charge in [0.15, 0.2) is 5.65 Å². The molecule has 0 fully saturated rings. The fourth-order valence-corrected chi connectivity index (χ4v) is 1.44. The van der Waals surface area contributed by atoms with E-state index in [9.17, 15) is 0 Å². The van der Waals surface area contributed by atoms with Gasteiger partial charge in [0.2, 0.25) is 0 Å². The minimum atomic E-state index is 0.905. The van der Waals surface area contributed by atoms with E-state index in [0.717, 1.165) is 11.5 Å². The topological polar surface area (TPSA) is 30.2 Å². The van der Waals surface area contributed by atoms with Crippen LogP contribution in [0.25, 0.3) is 5.65 Å². The molecule has 0 spiro atoms. The second kappa shape index (κ2) is 2.44. The standard InChI is InChI=1S/C7H6IN3/c1-5-9-10-7-3-2-6(8)4-11(5)7/h2-4H,1H3. The Bertz CT molecular complexity index is 393. The zero-order valence-corrected chi connectivity index (χ0v) is 8.11. The van der Waals surface area contributed by atoms with Gasteiger partial charge in [-0.3, -0.25) is 4.40 Å². The smallest absolute Gasteiger partial charge is 0.160 e. The van der Waals surface area contributed by atoms with Crippen molar-refractivity contribution in [1.82, 2.24) is 14.6 Å². The van der Waals surface area contributed by atoms with E-state index in [1.807, 2.05) is 29.7 Å². The summed E-state index contributed by atoms with van der Waals surface area (Å²) < 4.78 is 3.17. The molecular formula is C7H6IN3. The Hall–Kier alpha value is -0.650. The number of pyridine rings is 1. The maximum atomic E-state index is 3.97. The van der Waals surface area contributed by atoms with Crippen LogP contribution in [0, 0.1) is 10.5 Å². The lowest BCUT2D eigenvalue weighted by Gasteiger charge is -1.93. The van der Waals surface area contributed by atoms with Gasteiger partial charge in [-0.15, -0.1) is 10.2 Å². The number of aryl methyl sites for hydroxylation is 1. The van der Waals surface area contributed by atoms with E-state index in [-0.39, 0.29) is 0 Å². The van der Waals surface area contributed by atoms with Crippen LogP contribution in [-0.4, -0.2) is 14.6 Å². The van der Waals surface area contributed by atoms with E-state index >= 15 is 0 Å². The molecule has 2 rings (SSSR count). The zero-order valence-electron chi connectivity index (χ0n) is 5.95. The second-order valence-corrected chi connectivity index (χ2v) is 3.57. The monoisotopic (exact) mass is 259 g/mol. The Morgan fingerprint density at radius 3 is 3.00 bits per heavy atom. The molecule has 0 aliphatic heterocycles. The van der Waals surface area contributed by atoms with E-state index in [4.69, 9.17) is 0 Å². The van der Waals surface area contributed by atoms with Gasteiger partial charge >= 0.3 is 0 Å². The Labute approximate surface area is 77.6 Å². The number of hydrogen-bond acceptors (Lipinski definition) is 2. The number of halogens is 1. The summed E-state index contributed by atoms with van der Waals surface area (Å²) in [6.45, 7) is 1.94. The maximum absolute atomic E-state index is 3.97. The minimum Gasteiger partial charge on any atom is -0.286 e. The number of rotatable bonds is 0. The molecule has 2 aromatic rings. The molecule has 0 N–H and O–H groups in total. The summed E-state index contributed by atoms with van der Waals surface area (Å²) in [6.07, 6.45) is 2.02. The van der Waals surface area contributed by atoms with Crippen LogP contribution in [0.4, 0.5) is 0 Å². The van der Waals surface area contributed by atoms with E-state index in [2.05, 4.69) is 32.8 Å². The third-order valence-electron chi connectivity index (χ3n) is 1.54. The molecule has 0 aliphatic rings. The van der Waals surface area contributed by atoms with Crippen molar-refractivity contribution in [3.63, 3.8) is 0 Å². The first-order valence-electron chi connectivity index (χ1n) is 3.24. The molecule has 0 unspecified atom stereocenters. The van der Waals surface area contributed by atoms with Gasteiger partial charge in [-0.05, 0) is 41.6 Å². The summed E-state index contributed by atoms with van der Waals surface area (Å²) >= 11 is 2.27. The Balaban J connectivity index is 2.87. The summed E-state index contributed by atoms with van der Waals surface area (Å²) in [4.78, 5) is 0. The summed E-state index contributed by atoms with van der Waals surface area (Å²) in [5, 5.41) is 7.92. The maximum Gasteiger partial charge on any atom is 0.160 e. The van der Waals surface area contributed by atoms with Gasteiger partial charge in [-0.1, -0.05) is 0 Å². The Morgan fingerprint density at radius 1 is 1.36 bits per heavy atom. The van der Waals surface area contributed by atoms with Crippen LogP contribution in [0.2, 0.25) is 0 Å². The average Bonchev–Trinajstić information content (AvgIpc) is 2.33. The first kappa shape index (κ1) is 7.02. The SMILES string of the molecule is Cc1nnc2ccc(I)cn12. The van der Waals surface area contributed by atoms with Crippen molar-refractivity contribution in [2.24, 2.45) is 0 Å². The summed E-state index contributed by atoms with van der Waals surface area (Å²) in [7, 11) is 0. The molecule has 3 nitrogen and oxygen atoms in total. The molecule has 0 aliphatic carbocycles. The molecule has 0 radical (unpaired) electrons.